The Labute approximate surface area is 100 Å². The second kappa shape index (κ2) is 5.06. The van der Waals surface area contributed by atoms with E-state index in [2.05, 4.69) is 15.3 Å². The van der Waals surface area contributed by atoms with Crippen LogP contribution in [0, 0.1) is 12.8 Å². The van der Waals surface area contributed by atoms with Crippen LogP contribution in [0.25, 0.3) is 0 Å². The van der Waals surface area contributed by atoms with Crippen molar-refractivity contribution >= 4 is 17.1 Å². The van der Waals surface area contributed by atoms with Gasteiger partial charge in [0.1, 0.15) is 10.8 Å². The summed E-state index contributed by atoms with van der Waals surface area (Å²) in [4.78, 5) is 18.2. The van der Waals surface area contributed by atoms with Crippen molar-refractivity contribution in [1.82, 2.24) is 9.88 Å². The van der Waals surface area contributed by atoms with Crippen LogP contribution in [0.1, 0.15) is 30.5 Å². The lowest BCUT2D eigenvalue weighted by Gasteiger charge is -2.30. The van der Waals surface area contributed by atoms with Gasteiger partial charge in [0.25, 0.3) is 0 Å². The fraction of sp³-hybridized carbons (Fsp3) is 0.667. The van der Waals surface area contributed by atoms with Gasteiger partial charge in [0.15, 0.2) is 0 Å². The third-order valence-corrected chi connectivity index (χ3v) is 4.06. The number of Topliss-reactive ketones (excluding diaryl/α,β-unsaturated/α-hetero) is 1. The first-order valence-electron chi connectivity index (χ1n) is 5.79. The summed E-state index contributed by atoms with van der Waals surface area (Å²) in [6.07, 6.45) is 2.19. The number of thiazole rings is 1. The molecule has 4 heteroatoms. The van der Waals surface area contributed by atoms with Gasteiger partial charge in [0.05, 0.1) is 6.54 Å². The Bertz CT molecular complexity index is 375. The SMILES string of the molecule is CC(=O)C1CCCN(Cc2nc(C)cs2)C1. The van der Waals surface area contributed by atoms with Crippen LogP contribution in [0.5, 0.6) is 0 Å². The molecule has 1 aromatic rings. The Balaban J connectivity index is 1.92. The van der Waals surface area contributed by atoms with Gasteiger partial charge in [-0.25, -0.2) is 4.98 Å². The summed E-state index contributed by atoms with van der Waals surface area (Å²) in [5.41, 5.74) is 1.10. The number of hydrogen-bond acceptors (Lipinski definition) is 4. The smallest absolute Gasteiger partial charge is 0.134 e. The van der Waals surface area contributed by atoms with Gasteiger partial charge in [-0.2, -0.15) is 0 Å². The number of piperidine rings is 1. The van der Waals surface area contributed by atoms with Crippen LogP contribution >= 0.6 is 11.3 Å². The minimum atomic E-state index is 0.245. The molecule has 1 unspecified atom stereocenters. The Morgan fingerprint density at radius 1 is 1.69 bits per heavy atom. The highest BCUT2D eigenvalue weighted by atomic mass is 32.1. The van der Waals surface area contributed by atoms with Crippen LogP contribution in [-0.4, -0.2) is 28.8 Å². The summed E-state index contributed by atoms with van der Waals surface area (Å²) in [5, 5.41) is 3.25. The Kier molecular flexibility index (Phi) is 3.71. The molecule has 88 valence electrons. The van der Waals surface area contributed by atoms with Crippen LogP contribution in [-0.2, 0) is 11.3 Å². The highest BCUT2D eigenvalue weighted by molar-refractivity contribution is 7.09. The molecule has 1 fully saturated rings. The number of rotatable bonds is 3. The number of likely N-dealkylation sites (tertiary alicyclic amines) is 1. The molecule has 0 aliphatic carbocycles. The zero-order chi connectivity index (χ0) is 11.5. The van der Waals surface area contributed by atoms with E-state index in [9.17, 15) is 4.79 Å². The Morgan fingerprint density at radius 3 is 3.12 bits per heavy atom. The summed E-state index contributed by atoms with van der Waals surface area (Å²) < 4.78 is 0. The van der Waals surface area contributed by atoms with Crippen molar-refractivity contribution < 1.29 is 4.79 Å². The van der Waals surface area contributed by atoms with Crippen LogP contribution in [0.15, 0.2) is 5.38 Å². The van der Waals surface area contributed by atoms with Crippen LogP contribution < -0.4 is 0 Å². The number of carbonyl (C=O) groups excluding carboxylic acids is 1. The lowest BCUT2D eigenvalue weighted by atomic mass is 9.95. The van der Waals surface area contributed by atoms with Crippen molar-refractivity contribution in [1.29, 1.82) is 0 Å². The summed E-state index contributed by atoms with van der Waals surface area (Å²) in [6.45, 7) is 6.65. The van der Waals surface area contributed by atoms with Crippen molar-refractivity contribution in [2.75, 3.05) is 13.1 Å². The molecule has 0 N–H and O–H groups in total. The monoisotopic (exact) mass is 238 g/mol. The first kappa shape index (κ1) is 11.7. The second-order valence-electron chi connectivity index (χ2n) is 4.57. The fourth-order valence-electron chi connectivity index (χ4n) is 2.20. The van der Waals surface area contributed by atoms with E-state index < -0.39 is 0 Å². The summed E-state index contributed by atoms with van der Waals surface area (Å²) in [5.74, 6) is 0.579. The molecular weight excluding hydrogens is 220 g/mol. The van der Waals surface area contributed by atoms with Crippen molar-refractivity contribution in [3.05, 3.63) is 16.1 Å². The van der Waals surface area contributed by atoms with Gasteiger partial charge < -0.3 is 0 Å². The Hall–Kier alpha value is -0.740. The van der Waals surface area contributed by atoms with E-state index in [1.165, 1.54) is 5.01 Å². The molecule has 2 rings (SSSR count). The minimum Gasteiger partial charge on any atom is -0.300 e. The standard InChI is InChI=1S/C12H18N2OS/c1-9-8-16-12(13-9)7-14-5-3-4-11(6-14)10(2)15/h8,11H,3-7H2,1-2H3. The van der Waals surface area contributed by atoms with Gasteiger partial charge in [-0.3, -0.25) is 9.69 Å². The molecule has 1 aromatic heterocycles. The molecule has 0 spiro atoms. The average molecular weight is 238 g/mol. The van der Waals surface area contributed by atoms with Crippen LogP contribution in [0.4, 0.5) is 0 Å². The molecule has 2 heterocycles. The fourth-order valence-corrected chi connectivity index (χ4v) is 3.01. The number of ketones is 1. The highest BCUT2D eigenvalue weighted by Crippen LogP contribution is 2.20. The molecule has 1 aliphatic rings. The van der Waals surface area contributed by atoms with Gasteiger partial charge in [-0.1, -0.05) is 0 Å². The van der Waals surface area contributed by atoms with Gasteiger partial charge in [0.2, 0.25) is 0 Å². The molecule has 0 radical (unpaired) electrons. The van der Waals surface area contributed by atoms with E-state index in [4.69, 9.17) is 0 Å². The normalized spacial score (nSPS) is 22.2. The van der Waals surface area contributed by atoms with Crippen molar-refractivity contribution in [2.24, 2.45) is 5.92 Å². The largest absolute Gasteiger partial charge is 0.300 e. The van der Waals surface area contributed by atoms with Crippen LogP contribution in [0.2, 0.25) is 0 Å². The lowest BCUT2D eigenvalue weighted by molar-refractivity contribution is -0.122. The van der Waals surface area contributed by atoms with E-state index in [-0.39, 0.29) is 5.92 Å². The zero-order valence-electron chi connectivity index (χ0n) is 9.90. The molecule has 0 saturated carbocycles. The molecule has 0 aromatic carbocycles. The first-order chi connectivity index (χ1) is 7.65. The minimum absolute atomic E-state index is 0.245. The third kappa shape index (κ3) is 2.89. The van der Waals surface area contributed by atoms with Gasteiger partial charge in [-0.15, -0.1) is 11.3 Å². The maximum Gasteiger partial charge on any atom is 0.134 e. The van der Waals surface area contributed by atoms with Gasteiger partial charge >= 0.3 is 0 Å². The van der Waals surface area contributed by atoms with Crippen molar-refractivity contribution in [3.63, 3.8) is 0 Å². The first-order valence-corrected chi connectivity index (χ1v) is 6.67. The summed E-state index contributed by atoms with van der Waals surface area (Å²) in [6, 6.07) is 0. The van der Waals surface area contributed by atoms with E-state index in [1.54, 1.807) is 18.3 Å². The lowest BCUT2D eigenvalue weighted by Crippen LogP contribution is -2.37. The maximum atomic E-state index is 11.4. The van der Waals surface area contributed by atoms with E-state index in [1.807, 2.05) is 6.92 Å². The zero-order valence-corrected chi connectivity index (χ0v) is 10.7. The Morgan fingerprint density at radius 2 is 2.50 bits per heavy atom. The van der Waals surface area contributed by atoms with Crippen LogP contribution in [0.3, 0.4) is 0 Å². The summed E-state index contributed by atoms with van der Waals surface area (Å²) >= 11 is 1.72. The molecule has 3 nitrogen and oxygen atoms in total. The molecule has 0 bridgehead atoms. The topological polar surface area (TPSA) is 33.2 Å². The molecule has 1 aliphatic heterocycles. The van der Waals surface area contributed by atoms with E-state index >= 15 is 0 Å². The summed E-state index contributed by atoms with van der Waals surface area (Å²) in [7, 11) is 0. The number of aryl methyl sites for hydroxylation is 1. The molecule has 1 saturated heterocycles. The number of carbonyl (C=O) groups is 1. The quantitative estimate of drug-likeness (QED) is 0.810. The molecule has 1 atom stereocenters. The van der Waals surface area contributed by atoms with E-state index in [0.29, 0.717) is 5.78 Å². The predicted octanol–water partition coefficient (Wildman–Crippen LogP) is 2.25. The van der Waals surface area contributed by atoms with Gasteiger partial charge in [-0.05, 0) is 33.2 Å². The molecule has 0 amide bonds. The number of hydrogen-bond donors (Lipinski definition) is 0. The molecule has 16 heavy (non-hydrogen) atoms. The second-order valence-corrected chi connectivity index (χ2v) is 5.51. The van der Waals surface area contributed by atoms with Crippen molar-refractivity contribution in [2.45, 2.75) is 33.2 Å². The van der Waals surface area contributed by atoms with E-state index in [0.717, 1.165) is 38.2 Å². The highest BCUT2D eigenvalue weighted by Gasteiger charge is 2.23. The maximum absolute atomic E-state index is 11.4. The third-order valence-electron chi connectivity index (χ3n) is 3.11. The number of nitrogens with zero attached hydrogens (tertiary/aromatic N) is 2. The molecular formula is C12H18N2OS. The van der Waals surface area contributed by atoms with Crippen molar-refractivity contribution in [3.8, 4) is 0 Å². The van der Waals surface area contributed by atoms with Gasteiger partial charge in [0, 0.05) is 23.5 Å². The predicted molar refractivity (Wildman–Crippen MR) is 65.5 cm³/mol. The number of aromatic nitrogens is 1. The average Bonchev–Trinajstić information content (AvgIpc) is 2.64.